The Morgan fingerprint density at radius 3 is 0.700 bits per heavy atom. The Hall–Kier alpha value is 0.500. The first-order valence-electron chi connectivity index (χ1n) is 6.58. The van der Waals surface area contributed by atoms with Crippen molar-refractivity contribution < 1.29 is 53.0 Å². The number of hydrogen-bond acceptors (Lipinski definition) is 6. The molecule has 129 valence electrons. The van der Waals surface area contributed by atoms with Crippen molar-refractivity contribution in [1.82, 2.24) is 0 Å². The standard InChI is InChI=1S/C5H12O2.4C2H6O.Ta/c1-4(6)3-5(2)7;4*1-2-3;/h4-7H,3H2,1-2H3;4*3H,2H2,1H3;. The second kappa shape index (κ2) is 50.5. The first-order valence-corrected chi connectivity index (χ1v) is 6.58. The molecule has 0 aromatic heterocycles. The fourth-order valence-electron chi connectivity index (χ4n) is 0.494. The maximum absolute atomic E-state index is 8.56. The number of rotatable bonds is 2. The zero-order chi connectivity index (χ0) is 16.7. The minimum absolute atomic E-state index is 0. The SMILES string of the molecule is CC(O)CC(C)O.CCO.CCO.CCO.CCO.[Ta]. The molecule has 0 saturated heterocycles. The van der Waals surface area contributed by atoms with E-state index in [1.165, 1.54) is 0 Å². The first-order chi connectivity index (χ1) is 8.78. The fourth-order valence-corrected chi connectivity index (χ4v) is 0.494. The van der Waals surface area contributed by atoms with Crippen LogP contribution in [0.4, 0.5) is 0 Å². The van der Waals surface area contributed by atoms with Crippen molar-refractivity contribution in [1.29, 1.82) is 0 Å². The molecule has 0 aliphatic heterocycles. The maximum atomic E-state index is 8.56. The van der Waals surface area contributed by atoms with Gasteiger partial charge in [0.2, 0.25) is 0 Å². The van der Waals surface area contributed by atoms with Crippen LogP contribution < -0.4 is 0 Å². The summed E-state index contributed by atoms with van der Waals surface area (Å²) in [5, 5.41) is 47.4. The summed E-state index contributed by atoms with van der Waals surface area (Å²) in [5.41, 5.74) is 0. The van der Waals surface area contributed by atoms with E-state index in [0.29, 0.717) is 6.42 Å². The van der Waals surface area contributed by atoms with Crippen LogP contribution in [0, 0.1) is 0 Å². The summed E-state index contributed by atoms with van der Waals surface area (Å²) in [6.45, 7) is 11.0. The Balaban J connectivity index is -0.0000000326. The molecule has 0 rings (SSSR count). The van der Waals surface area contributed by atoms with Gasteiger partial charge in [-0.3, -0.25) is 0 Å². The Bertz CT molecular complexity index is 80.9. The molecule has 0 spiro atoms. The quantitative estimate of drug-likeness (QED) is 0.342. The van der Waals surface area contributed by atoms with E-state index in [1.807, 2.05) is 0 Å². The molecule has 2 unspecified atom stereocenters. The summed E-state index contributed by atoms with van der Waals surface area (Å²) in [4.78, 5) is 0. The van der Waals surface area contributed by atoms with E-state index >= 15 is 0 Å². The molecule has 0 amide bonds. The summed E-state index contributed by atoms with van der Waals surface area (Å²) < 4.78 is 0. The average molecular weight is 469 g/mol. The van der Waals surface area contributed by atoms with Gasteiger partial charge in [0.1, 0.15) is 0 Å². The number of hydrogen-bond donors (Lipinski definition) is 6. The van der Waals surface area contributed by atoms with Crippen LogP contribution in [0.5, 0.6) is 0 Å². The molecule has 20 heavy (non-hydrogen) atoms. The molecule has 0 saturated carbocycles. The van der Waals surface area contributed by atoms with Crippen LogP contribution in [-0.2, 0) is 22.4 Å². The van der Waals surface area contributed by atoms with E-state index in [1.54, 1.807) is 41.5 Å². The largest absolute Gasteiger partial charge is 0.397 e. The second-order valence-corrected chi connectivity index (χ2v) is 3.20. The predicted octanol–water partition coefficient (Wildman–Crippen LogP) is 0.130. The third kappa shape index (κ3) is 280. The van der Waals surface area contributed by atoms with Gasteiger partial charge in [0, 0.05) is 48.8 Å². The normalized spacial score (nSPS) is 10.2. The molecule has 1 radical (unpaired) electrons. The van der Waals surface area contributed by atoms with Gasteiger partial charge in [0.25, 0.3) is 0 Å². The summed E-state index contributed by atoms with van der Waals surface area (Å²) in [5.74, 6) is 0. The van der Waals surface area contributed by atoms with Gasteiger partial charge in [-0.2, -0.15) is 0 Å². The molecule has 0 bridgehead atoms. The Kier molecular flexibility index (Phi) is 93.5. The van der Waals surface area contributed by atoms with Crippen LogP contribution in [0.3, 0.4) is 0 Å². The molecular formula is C13H36O6Ta. The van der Waals surface area contributed by atoms with Crippen LogP contribution in [0.25, 0.3) is 0 Å². The van der Waals surface area contributed by atoms with Crippen LogP contribution in [0.2, 0.25) is 0 Å². The number of aliphatic hydroxyl groups is 6. The van der Waals surface area contributed by atoms with Crippen molar-refractivity contribution in [2.75, 3.05) is 26.4 Å². The van der Waals surface area contributed by atoms with Crippen molar-refractivity contribution in [2.45, 2.75) is 60.2 Å². The monoisotopic (exact) mass is 469 g/mol. The molecule has 6 N–H and O–H groups in total. The van der Waals surface area contributed by atoms with Crippen LogP contribution in [0.1, 0.15) is 48.0 Å². The summed E-state index contributed by atoms with van der Waals surface area (Å²) >= 11 is 0. The van der Waals surface area contributed by atoms with Crippen molar-refractivity contribution in [2.24, 2.45) is 0 Å². The van der Waals surface area contributed by atoms with Crippen molar-refractivity contribution in [3.05, 3.63) is 0 Å². The smallest absolute Gasteiger partial charge is 0.0536 e. The van der Waals surface area contributed by atoms with E-state index in [9.17, 15) is 0 Å². The van der Waals surface area contributed by atoms with E-state index in [0.717, 1.165) is 0 Å². The molecule has 0 aliphatic carbocycles. The van der Waals surface area contributed by atoms with Gasteiger partial charge in [-0.05, 0) is 48.0 Å². The minimum atomic E-state index is -0.375. The molecule has 0 heterocycles. The Morgan fingerprint density at radius 1 is 0.600 bits per heavy atom. The third-order valence-electron chi connectivity index (χ3n) is 0.682. The van der Waals surface area contributed by atoms with Gasteiger partial charge >= 0.3 is 0 Å². The van der Waals surface area contributed by atoms with Gasteiger partial charge in [-0.25, -0.2) is 0 Å². The molecule has 7 heteroatoms. The maximum Gasteiger partial charge on any atom is 0.0536 e. The van der Waals surface area contributed by atoms with Crippen molar-refractivity contribution >= 4 is 0 Å². The van der Waals surface area contributed by atoms with Gasteiger partial charge in [-0.1, -0.05) is 0 Å². The summed E-state index contributed by atoms with van der Waals surface area (Å²) in [7, 11) is 0. The fraction of sp³-hybridized carbons (Fsp3) is 1.00. The Morgan fingerprint density at radius 2 is 0.700 bits per heavy atom. The Labute approximate surface area is 140 Å². The molecule has 2 atom stereocenters. The zero-order valence-electron chi connectivity index (χ0n) is 13.8. The topological polar surface area (TPSA) is 121 Å². The molecule has 6 nitrogen and oxygen atoms in total. The summed E-state index contributed by atoms with van der Waals surface area (Å²) in [6, 6.07) is 0. The van der Waals surface area contributed by atoms with Crippen LogP contribution >= 0.6 is 0 Å². The summed E-state index contributed by atoms with van der Waals surface area (Å²) in [6.07, 6.45) is -0.278. The van der Waals surface area contributed by atoms with E-state index in [2.05, 4.69) is 0 Å². The predicted molar refractivity (Wildman–Crippen MR) is 79.0 cm³/mol. The molecular weight excluding hydrogens is 433 g/mol. The van der Waals surface area contributed by atoms with Gasteiger partial charge in [0.05, 0.1) is 12.2 Å². The molecule has 0 aromatic rings. The number of aliphatic hydroxyl groups excluding tert-OH is 6. The minimum Gasteiger partial charge on any atom is -0.397 e. The molecule has 0 fully saturated rings. The third-order valence-corrected chi connectivity index (χ3v) is 0.682. The van der Waals surface area contributed by atoms with Crippen LogP contribution in [0.15, 0.2) is 0 Å². The van der Waals surface area contributed by atoms with E-state index in [-0.39, 0.29) is 61.0 Å². The first kappa shape index (κ1) is 37.1. The van der Waals surface area contributed by atoms with Gasteiger partial charge < -0.3 is 30.6 Å². The average Bonchev–Trinajstić information content (AvgIpc) is 2.19. The van der Waals surface area contributed by atoms with Crippen LogP contribution in [-0.4, -0.2) is 69.3 Å². The van der Waals surface area contributed by atoms with E-state index < -0.39 is 0 Å². The van der Waals surface area contributed by atoms with Gasteiger partial charge in [0.15, 0.2) is 0 Å². The molecule has 0 aliphatic rings. The molecule has 0 aromatic carbocycles. The second-order valence-electron chi connectivity index (χ2n) is 3.20. The van der Waals surface area contributed by atoms with Crippen molar-refractivity contribution in [3.8, 4) is 0 Å². The van der Waals surface area contributed by atoms with Gasteiger partial charge in [-0.15, -0.1) is 0 Å². The van der Waals surface area contributed by atoms with E-state index in [4.69, 9.17) is 30.6 Å². The van der Waals surface area contributed by atoms with Crippen molar-refractivity contribution in [3.63, 3.8) is 0 Å². The zero-order valence-corrected chi connectivity index (χ0v) is 17.0.